The molecule has 0 spiro atoms. The molecule has 0 atom stereocenters. The maximum atomic E-state index is 3.38. The van der Waals surface area contributed by atoms with E-state index in [1.807, 2.05) is 0 Å². The molecule has 0 radical (unpaired) electrons. The molecule has 0 aliphatic rings. The SMILES string of the molecule is CCCCC/C(C)=C/CBr. The molecule has 0 heterocycles. The van der Waals surface area contributed by atoms with Crippen LogP contribution in [0.3, 0.4) is 0 Å². The lowest BCUT2D eigenvalue weighted by Gasteiger charge is -1.97. The first-order valence-electron chi connectivity index (χ1n) is 4.02. The number of unbranched alkanes of at least 4 members (excludes halogenated alkanes) is 2. The zero-order valence-corrected chi connectivity index (χ0v) is 8.58. The van der Waals surface area contributed by atoms with Crippen molar-refractivity contribution in [1.29, 1.82) is 0 Å². The van der Waals surface area contributed by atoms with Crippen molar-refractivity contribution in [3.05, 3.63) is 11.6 Å². The van der Waals surface area contributed by atoms with Crippen molar-refractivity contribution >= 4 is 15.9 Å². The fourth-order valence-corrected chi connectivity index (χ4v) is 1.44. The van der Waals surface area contributed by atoms with Gasteiger partial charge in [-0.05, 0) is 19.8 Å². The molecular weight excluding hydrogens is 188 g/mol. The van der Waals surface area contributed by atoms with E-state index in [4.69, 9.17) is 0 Å². The van der Waals surface area contributed by atoms with Gasteiger partial charge in [0.25, 0.3) is 0 Å². The van der Waals surface area contributed by atoms with E-state index in [1.54, 1.807) is 0 Å². The first kappa shape index (κ1) is 10.2. The summed E-state index contributed by atoms with van der Waals surface area (Å²) in [6, 6.07) is 0. The number of hydrogen-bond donors (Lipinski definition) is 0. The normalized spacial score (nSPS) is 12.1. The molecule has 0 aliphatic heterocycles. The van der Waals surface area contributed by atoms with Crippen LogP contribution in [0.5, 0.6) is 0 Å². The average molecular weight is 205 g/mol. The van der Waals surface area contributed by atoms with Crippen LogP contribution in [-0.4, -0.2) is 5.33 Å². The molecule has 1 heteroatoms. The Kier molecular flexibility index (Phi) is 7.49. The molecular formula is C9H17Br. The second-order valence-electron chi connectivity index (χ2n) is 2.66. The van der Waals surface area contributed by atoms with Crippen LogP contribution in [0.1, 0.15) is 39.5 Å². The van der Waals surface area contributed by atoms with Gasteiger partial charge in [-0.3, -0.25) is 0 Å². The molecule has 60 valence electrons. The maximum Gasteiger partial charge on any atom is 0.0214 e. The van der Waals surface area contributed by atoms with E-state index < -0.39 is 0 Å². The monoisotopic (exact) mass is 204 g/mol. The van der Waals surface area contributed by atoms with E-state index in [-0.39, 0.29) is 0 Å². The standard InChI is InChI=1S/C9H17Br/c1-3-4-5-6-9(2)7-8-10/h7H,3-6,8H2,1-2H3/b9-7+. The molecule has 0 aromatic rings. The highest BCUT2D eigenvalue weighted by Crippen LogP contribution is 2.07. The molecule has 0 aromatic carbocycles. The van der Waals surface area contributed by atoms with Crippen LogP contribution in [0.4, 0.5) is 0 Å². The van der Waals surface area contributed by atoms with Crippen LogP contribution < -0.4 is 0 Å². The van der Waals surface area contributed by atoms with Crippen LogP contribution in [0.15, 0.2) is 11.6 Å². The van der Waals surface area contributed by atoms with Gasteiger partial charge in [0.05, 0.1) is 0 Å². The van der Waals surface area contributed by atoms with Crippen molar-refractivity contribution in [2.75, 3.05) is 5.33 Å². The Hall–Kier alpha value is 0.220. The lowest BCUT2D eigenvalue weighted by atomic mass is 10.1. The van der Waals surface area contributed by atoms with E-state index in [2.05, 4.69) is 35.9 Å². The summed E-state index contributed by atoms with van der Waals surface area (Å²) in [5, 5.41) is 1.00. The second kappa shape index (κ2) is 7.33. The number of alkyl halides is 1. The Bertz CT molecular complexity index is 94.9. The van der Waals surface area contributed by atoms with Gasteiger partial charge >= 0.3 is 0 Å². The highest BCUT2D eigenvalue weighted by atomic mass is 79.9. The van der Waals surface area contributed by atoms with Crippen LogP contribution in [-0.2, 0) is 0 Å². The third-order valence-electron chi connectivity index (χ3n) is 1.60. The Morgan fingerprint density at radius 3 is 2.60 bits per heavy atom. The predicted octanol–water partition coefficient (Wildman–Crippen LogP) is 3.91. The van der Waals surface area contributed by atoms with Crippen LogP contribution >= 0.6 is 15.9 Å². The highest BCUT2D eigenvalue weighted by Gasteiger charge is 1.88. The summed E-state index contributed by atoms with van der Waals surface area (Å²) in [6.07, 6.45) is 7.57. The minimum atomic E-state index is 1.00. The minimum absolute atomic E-state index is 1.00. The minimum Gasteiger partial charge on any atom is -0.0883 e. The van der Waals surface area contributed by atoms with Crippen molar-refractivity contribution in [3.63, 3.8) is 0 Å². The van der Waals surface area contributed by atoms with E-state index >= 15 is 0 Å². The van der Waals surface area contributed by atoms with Gasteiger partial charge in [-0.15, -0.1) is 0 Å². The fraction of sp³-hybridized carbons (Fsp3) is 0.778. The van der Waals surface area contributed by atoms with Gasteiger partial charge in [-0.1, -0.05) is 47.3 Å². The summed E-state index contributed by atoms with van der Waals surface area (Å²) in [6.45, 7) is 4.44. The Morgan fingerprint density at radius 1 is 1.40 bits per heavy atom. The fourth-order valence-electron chi connectivity index (χ4n) is 0.888. The highest BCUT2D eigenvalue weighted by molar-refractivity contribution is 9.09. The van der Waals surface area contributed by atoms with Crippen molar-refractivity contribution in [2.24, 2.45) is 0 Å². The quantitative estimate of drug-likeness (QED) is 0.362. The molecule has 0 saturated heterocycles. The number of hydrogen-bond acceptors (Lipinski definition) is 0. The van der Waals surface area contributed by atoms with Crippen LogP contribution in [0.2, 0.25) is 0 Å². The summed E-state index contributed by atoms with van der Waals surface area (Å²) in [5.74, 6) is 0. The average Bonchev–Trinajstić information content (AvgIpc) is 1.89. The summed E-state index contributed by atoms with van der Waals surface area (Å²) in [5.41, 5.74) is 1.52. The summed E-state index contributed by atoms with van der Waals surface area (Å²) in [4.78, 5) is 0. The van der Waals surface area contributed by atoms with E-state index in [9.17, 15) is 0 Å². The van der Waals surface area contributed by atoms with E-state index in [0.29, 0.717) is 0 Å². The second-order valence-corrected chi connectivity index (χ2v) is 3.31. The summed E-state index contributed by atoms with van der Waals surface area (Å²) in [7, 11) is 0. The van der Waals surface area contributed by atoms with Gasteiger partial charge in [0.15, 0.2) is 0 Å². The third-order valence-corrected chi connectivity index (χ3v) is 1.92. The molecule has 0 saturated carbocycles. The van der Waals surface area contributed by atoms with Gasteiger partial charge in [-0.2, -0.15) is 0 Å². The number of halogens is 1. The Balaban J connectivity index is 3.21. The smallest absolute Gasteiger partial charge is 0.0214 e. The van der Waals surface area contributed by atoms with Gasteiger partial charge < -0.3 is 0 Å². The lowest BCUT2D eigenvalue weighted by Crippen LogP contribution is -1.78. The molecule has 0 rings (SSSR count). The van der Waals surface area contributed by atoms with Gasteiger partial charge in [-0.25, -0.2) is 0 Å². The molecule has 0 N–H and O–H groups in total. The van der Waals surface area contributed by atoms with E-state index in [0.717, 1.165) is 5.33 Å². The van der Waals surface area contributed by atoms with Gasteiger partial charge in [0, 0.05) is 5.33 Å². The summed E-state index contributed by atoms with van der Waals surface area (Å²) < 4.78 is 0. The molecule has 0 unspecified atom stereocenters. The van der Waals surface area contributed by atoms with Crippen LogP contribution in [0, 0.1) is 0 Å². The zero-order valence-electron chi connectivity index (χ0n) is 6.99. The number of allylic oxidation sites excluding steroid dienone is 2. The number of rotatable bonds is 5. The Morgan fingerprint density at radius 2 is 2.10 bits per heavy atom. The van der Waals surface area contributed by atoms with Crippen molar-refractivity contribution in [3.8, 4) is 0 Å². The molecule has 0 nitrogen and oxygen atoms in total. The predicted molar refractivity (Wildman–Crippen MR) is 51.7 cm³/mol. The third kappa shape index (κ3) is 6.34. The molecule has 0 bridgehead atoms. The van der Waals surface area contributed by atoms with Crippen molar-refractivity contribution < 1.29 is 0 Å². The zero-order chi connectivity index (χ0) is 7.82. The topological polar surface area (TPSA) is 0 Å². The molecule has 10 heavy (non-hydrogen) atoms. The first-order valence-corrected chi connectivity index (χ1v) is 5.15. The molecule has 0 amide bonds. The summed E-state index contributed by atoms with van der Waals surface area (Å²) >= 11 is 3.38. The Labute approximate surface area is 72.8 Å². The van der Waals surface area contributed by atoms with E-state index in [1.165, 1.54) is 31.3 Å². The molecule has 0 aliphatic carbocycles. The maximum absolute atomic E-state index is 3.38. The molecule has 0 fully saturated rings. The first-order chi connectivity index (χ1) is 4.81. The van der Waals surface area contributed by atoms with Crippen LogP contribution in [0.25, 0.3) is 0 Å². The van der Waals surface area contributed by atoms with Gasteiger partial charge in [0.1, 0.15) is 0 Å². The largest absolute Gasteiger partial charge is 0.0883 e. The van der Waals surface area contributed by atoms with Crippen molar-refractivity contribution in [2.45, 2.75) is 39.5 Å². The molecule has 0 aromatic heterocycles. The lowest BCUT2D eigenvalue weighted by molar-refractivity contribution is 0.713. The van der Waals surface area contributed by atoms with Crippen molar-refractivity contribution in [1.82, 2.24) is 0 Å². The van der Waals surface area contributed by atoms with Gasteiger partial charge in [0.2, 0.25) is 0 Å².